The molecule has 0 unspecified atom stereocenters. The van der Waals surface area contributed by atoms with Gasteiger partial charge in [-0.2, -0.15) is 0 Å². The van der Waals surface area contributed by atoms with Crippen molar-refractivity contribution in [2.75, 3.05) is 0 Å². The zero-order valence-corrected chi connectivity index (χ0v) is 40.9. The van der Waals surface area contributed by atoms with E-state index in [9.17, 15) is 10.8 Å². The molecule has 4 aromatic rings. The van der Waals surface area contributed by atoms with Crippen molar-refractivity contribution in [2.24, 2.45) is 0 Å². The van der Waals surface area contributed by atoms with Crippen LogP contribution in [-0.2, 0) is 0 Å². The zero-order chi connectivity index (χ0) is 45.5. The molecule has 2 nitrogen and oxygen atoms in total. The van der Waals surface area contributed by atoms with Crippen molar-refractivity contribution in [1.82, 2.24) is 0 Å². The normalized spacial score (nSPS) is 15.0. The first-order chi connectivity index (χ1) is 29.3. The highest BCUT2D eigenvalue weighted by atomic mass is 14.5. The monoisotopic (exact) mass is 823 g/mol. The molecule has 0 bridgehead atoms. The second kappa shape index (κ2) is 18.7. The van der Waals surface area contributed by atoms with Gasteiger partial charge in [0.1, 0.15) is 0 Å². The minimum Gasteiger partial charge on any atom is -0.300 e. The summed E-state index contributed by atoms with van der Waals surface area (Å²) in [5.41, 5.74) is 22.2. The van der Waals surface area contributed by atoms with E-state index in [4.69, 9.17) is 0 Å². The third-order valence-electron chi connectivity index (χ3n) is 13.2. The number of rotatable bonds is 12. The number of allylic oxidation sites excluding steroid dienone is 10. The topological polar surface area (TPSA) is 47.7 Å². The molecule has 0 saturated carbocycles. The molecule has 0 heterocycles. The molecule has 2 aliphatic rings. The lowest BCUT2D eigenvalue weighted by Crippen LogP contribution is -2.18. The second-order valence-corrected chi connectivity index (χ2v) is 20.4. The van der Waals surface area contributed by atoms with Crippen molar-refractivity contribution in [1.29, 1.82) is 10.8 Å². The quantitative estimate of drug-likeness (QED) is 0.143. The first-order valence-corrected chi connectivity index (χ1v) is 23.6. The molecule has 0 aliphatic heterocycles. The SMILES string of the molecule is CC(C)c1cccc(C(C)C)c1C1=CC(=C2C=C(c3c(C(C)C)cccc3C(C)C)C(=N)C(c3c(C(C)C)cccc3C(C)C)=C2)C=C(c2c(C(C)C)cccc2C(C)C)C1=N. The molecule has 6 rings (SSSR count). The van der Waals surface area contributed by atoms with Gasteiger partial charge in [0, 0.05) is 22.3 Å². The third-order valence-corrected chi connectivity index (χ3v) is 13.2. The van der Waals surface area contributed by atoms with Crippen LogP contribution in [0, 0.1) is 10.8 Å². The molecule has 0 spiro atoms. The summed E-state index contributed by atoms with van der Waals surface area (Å²) in [5, 5.41) is 20.8. The highest BCUT2D eigenvalue weighted by Gasteiger charge is 2.32. The van der Waals surface area contributed by atoms with Gasteiger partial charge in [-0.3, -0.25) is 10.8 Å². The molecule has 0 aromatic heterocycles. The Bertz CT molecular complexity index is 2090. The molecule has 0 saturated heterocycles. The summed E-state index contributed by atoms with van der Waals surface area (Å²) in [7, 11) is 0. The first-order valence-electron chi connectivity index (χ1n) is 23.6. The second-order valence-electron chi connectivity index (χ2n) is 20.4. The van der Waals surface area contributed by atoms with Gasteiger partial charge >= 0.3 is 0 Å². The smallest absolute Gasteiger partial charge is 0.0697 e. The van der Waals surface area contributed by atoms with Crippen molar-refractivity contribution in [2.45, 2.75) is 158 Å². The summed E-state index contributed by atoms with van der Waals surface area (Å²) >= 11 is 0. The van der Waals surface area contributed by atoms with E-state index in [1.165, 1.54) is 66.8 Å². The number of benzene rings is 4. The number of hydrogen-bond acceptors (Lipinski definition) is 2. The van der Waals surface area contributed by atoms with Crippen molar-refractivity contribution in [3.05, 3.63) is 175 Å². The van der Waals surface area contributed by atoms with Crippen molar-refractivity contribution < 1.29 is 0 Å². The van der Waals surface area contributed by atoms with Crippen molar-refractivity contribution >= 4 is 33.7 Å². The molecule has 4 aromatic carbocycles. The Morgan fingerprint density at radius 2 is 0.403 bits per heavy atom. The van der Waals surface area contributed by atoms with Crippen molar-refractivity contribution in [3.63, 3.8) is 0 Å². The van der Waals surface area contributed by atoms with Crippen LogP contribution in [0.4, 0.5) is 0 Å². The molecule has 0 fully saturated rings. The van der Waals surface area contributed by atoms with Crippen LogP contribution in [0.5, 0.6) is 0 Å². The van der Waals surface area contributed by atoms with Gasteiger partial charge in [0.05, 0.1) is 11.4 Å². The van der Waals surface area contributed by atoms with Crippen LogP contribution < -0.4 is 0 Å². The molecule has 2 N–H and O–H groups in total. The van der Waals surface area contributed by atoms with Gasteiger partial charge in [0.25, 0.3) is 0 Å². The van der Waals surface area contributed by atoms with Crippen LogP contribution in [0.2, 0.25) is 0 Å². The number of hydrogen-bond donors (Lipinski definition) is 2. The van der Waals surface area contributed by atoms with E-state index < -0.39 is 0 Å². The van der Waals surface area contributed by atoms with Crippen LogP contribution in [-0.4, -0.2) is 11.4 Å². The maximum Gasteiger partial charge on any atom is 0.0697 e. The molecule has 0 radical (unpaired) electrons. The summed E-state index contributed by atoms with van der Waals surface area (Å²) in [4.78, 5) is 0. The Balaban J connectivity index is 1.88. The van der Waals surface area contributed by atoms with Gasteiger partial charge in [-0.05, 0) is 150 Å². The third kappa shape index (κ3) is 8.77. The average Bonchev–Trinajstić information content (AvgIpc) is 3.22. The summed E-state index contributed by atoms with van der Waals surface area (Å²) < 4.78 is 0. The average molecular weight is 823 g/mol. The van der Waals surface area contributed by atoms with E-state index >= 15 is 0 Å². The Morgan fingerprint density at radius 1 is 0.258 bits per heavy atom. The molecule has 0 amide bonds. The van der Waals surface area contributed by atoms with Crippen molar-refractivity contribution in [3.8, 4) is 0 Å². The van der Waals surface area contributed by atoms with Crippen LogP contribution >= 0.6 is 0 Å². The molecular weight excluding hydrogens is 749 g/mol. The van der Waals surface area contributed by atoms with Gasteiger partial charge in [-0.1, -0.05) is 184 Å². The standard InChI is InChI=1S/C60H74N2/c1-33(2)43-21-17-22-44(34(3)4)55(43)51-29-41(30-52(59(51)61)56-45(35(5)6)23-18-24-46(56)36(7)8)42-31-53(57-47(37(9)10)25-19-26-48(57)38(11)12)60(62)54(32-42)58-49(39(13)14)27-20-28-50(58)40(15)16/h17-40,61-62H,1-16H3. The molecule has 0 atom stereocenters. The lowest BCUT2D eigenvalue weighted by molar-refractivity contribution is 0.826. The fourth-order valence-corrected chi connectivity index (χ4v) is 9.85. The summed E-state index contributed by atoms with van der Waals surface area (Å²) in [6.07, 6.45) is 9.31. The number of nitrogens with one attached hydrogen (secondary N) is 2. The lowest BCUT2D eigenvalue weighted by Gasteiger charge is -2.31. The van der Waals surface area contributed by atoms with Crippen LogP contribution in [0.1, 0.15) is 225 Å². The molecule has 324 valence electrons. The minimum absolute atomic E-state index is 0.272. The Labute approximate surface area is 376 Å². The predicted octanol–water partition coefficient (Wildman–Crippen LogP) is 17.7. The van der Waals surface area contributed by atoms with E-state index in [1.54, 1.807) is 0 Å². The van der Waals surface area contributed by atoms with Gasteiger partial charge in [-0.25, -0.2) is 0 Å². The van der Waals surface area contributed by atoms with E-state index in [1.807, 2.05) is 0 Å². The minimum atomic E-state index is 0.272. The highest BCUT2D eigenvalue weighted by molar-refractivity contribution is 6.47. The summed E-state index contributed by atoms with van der Waals surface area (Å²) in [5.74, 6) is 2.18. The van der Waals surface area contributed by atoms with E-state index in [0.717, 1.165) is 33.4 Å². The van der Waals surface area contributed by atoms with Gasteiger partial charge in [0.15, 0.2) is 0 Å². The first kappa shape index (κ1) is 46.4. The van der Waals surface area contributed by atoms with E-state index in [-0.39, 0.29) is 47.3 Å². The zero-order valence-electron chi connectivity index (χ0n) is 40.9. The van der Waals surface area contributed by atoms with Gasteiger partial charge in [-0.15, -0.1) is 0 Å². The summed E-state index contributed by atoms with van der Waals surface area (Å²) in [6.45, 7) is 36.5. The summed E-state index contributed by atoms with van der Waals surface area (Å²) in [6, 6.07) is 27.0. The van der Waals surface area contributed by atoms with Crippen LogP contribution in [0.15, 0.2) is 108 Å². The fourth-order valence-electron chi connectivity index (χ4n) is 9.85. The molecule has 62 heavy (non-hydrogen) atoms. The maximum absolute atomic E-state index is 10.4. The largest absolute Gasteiger partial charge is 0.300 e. The maximum atomic E-state index is 10.4. The molecule has 2 aliphatic carbocycles. The van der Waals surface area contributed by atoms with Crippen LogP contribution in [0.25, 0.3) is 22.3 Å². The molecule has 2 heteroatoms. The van der Waals surface area contributed by atoms with E-state index in [2.05, 4.69) is 208 Å². The van der Waals surface area contributed by atoms with Gasteiger partial charge in [0.2, 0.25) is 0 Å². The van der Waals surface area contributed by atoms with E-state index in [0.29, 0.717) is 11.4 Å². The Kier molecular flexibility index (Phi) is 14.0. The Hall–Kier alpha value is -5.08. The predicted molar refractivity (Wildman–Crippen MR) is 273 cm³/mol. The van der Waals surface area contributed by atoms with Gasteiger partial charge < -0.3 is 0 Å². The molecular formula is C60H74N2. The fraction of sp³-hybridized carbons (Fsp3) is 0.400. The van der Waals surface area contributed by atoms with Crippen LogP contribution in [0.3, 0.4) is 0 Å². The highest BCUT2D eigenvalue weighted by Crippen LogP contribution is 2.47. The Morgan fingerprint density at radius 3 is 0.532 bits per heavy atom. The lowest BCUT2D eigenvalue weighted by atomic mass is 9.73.